The van der Waals surface area contributed by atoms with Gasteiger partial charge >= 0.3 is 0 Å². The van der Waals surface area contributed by atoms with Crippen molar-refractivity contribution in [2.45, 2.75) is 18.4 Å². The molecule has 19 heavy (non-hydrogen) atoms. The Morgan fingerprint density at radius 1 is 1.58 bits per heavy atom. The van der Waals surface area contributed by atoms with Crippen LogP contribution in [0.5, 0.6) is 0 Å². The van der Waals surface area contributed by atoms with Crippen molar-refractivity contribution in [1.29, 1.82) is 0 Å². The number of hydrogen-bond acceptors (Lipinski definition) is 5. The van der Waals surface area contributed by atoms with Gasteiger partial charge in [0.2, 0.25) is 0 Å². The fraction of sp³-hybridized carbons (Fsp3) is 0.500. The number of nitrogens with two attached hydrogens (primary N) is 1. The number of likely N-dealkylation sites (tertiary alicyclic amines) is 1. The third-order valence-corrected chi connectivity index (χ3v) is 4.26. The number of rotatable bonds is 3. The third-order valence-electron chi connectivity index (χ3n) is 3.57. The maximum atomic E-state index is 12.2. The summed E-state index contributed by atoms with van der Waals surface area (Å²) < 4.78 is 0. The largest absolute Gasteiger partial charge is 0.409 e. The zero-order valence-electron chi connectivity index (χ0n) is 10.8. The Hall–Kier alpha value is -1.60. The molecule has 1 aromatic heterocycles. The highest BCUT2D eigenvalue weighted by Gasteiger charge is 2.39. The predicted octanol–water partition coefficient (Wildman–Crippen LogP) is 0.689. The first-order chi connectivity index (χ1) is 9.07. The van der Waals surface area contributed by atoms with Gasteiger partial charge < -0.3 is 21.2 Å². The van der Waals surface area contributed by atoms with Gasteiger partial charge in [-0.3, -0.25) is 4.79 Å². The van der Waals surface area contributed by atoms with Crippen LogP contribution in [0.4, 0.5) is 0 Å². The molecule has 0 radical (unpaired) electrons. The van der Waals surface area contributed by atoms with E-state index in [-0.39, 0.29) is 11.7 Å². The first kappa shape index (κ1) is 13.8. The normalized spacial score (nSPS) is 20.2. The summed E-state index contributed by atoms with van der Waals surface area (Å²) in [5.41, 5.74) is 5.66. The van der Waals surface area contributed by atoms with E-state index >= 15 is 0 Å². The number of carbonyl (C=O) groups is 1. The summed E-state index contributed by atoms with van der Waals surface area (Å²) in [5, 5.41) is 18.6. The van der Waals surface area contributed by atoms with Crippen molar-refractivity contribution < 1.29 is 10.0 Å². The molecule has 2 rings (SSSR count). The zero-order valence-corrected chi connectivity index (χ0v) is 11.6. The molecule has 1 aliphatic heterocycles. The lowest BCUT2D eigenvalue weighted by Crippen LogP contribution is -2.62. The van der Waals surface area contributed by atoms with Crippen LogP contribution in [0, 0.1) is 0 Å². The molecule has 0 saturated carbocycles. The molecule has 7 heteroatoms. The summed E-state index contributed by atoms with van der Waals surface area (Å²) in [6.45, 7) is 1.58. The fourth-order valence-corrected chi connectivity index (χ4v) is 2.86. The number of hydrogen-bond donors (Lipinski definition) is 3. The minimum absolute atomic E-state index is 0.0733. The lowest BCUT2D eigenvalue weighted by atomic mass is 9.86. The van der Waals surface area contributed by atoms with Crippen molar-refractivity contribution in [1.82, 2.24) is 10.2 Å². The monoisotopic (exact) mass is 282 g/mol. The SMILES string of the molecule is CN1CCC(NC(=O)c2ccsc2)(/C(N)=N/O)CC1. The van der Waals surface area contributed by atoms with Crippen LogP contribution >= 0.6 is 11.3 Å². The van der Waals surface area contributed by atoms with E-state index in [2.05, 4.69) is 15.4 Å². The molecule has 0 bridgehead atoms. The Balaban J connectivity index is 2.17. The average Bonchev–Trinajstić information content (AvgIpc) is 2.95. The molecule has 0 atom stereocenters. The molecule has 0 aliphatic carbocycles. The maximum Gasteiger partial charge on any atom is 0.252 e. The van der Waals surface area contributed by atoms with Gasteiger partial charge in [-0.1, -0.05) is 5.16 Å². The number of nitrogens with zero attached hydrogens (tertiary/aromatic N) is 2. The molecule has 1 amide bonds. The summed E-state index contributed by atoms with van der Waals surface area (Å²) in [6.07, 6.45) is 1.27. The van der Waals surface area contributed by atoms with E-state index in [1.165, 1.54) is 11.3 Å². The van der Waals surface area contributed by atoms with E-state index in [0.717, 1.165) is 13.1 Å². The molecule has 1 aromatic rings. The quantitative estimate of drug-likeness (QED) is 0.329. The lowest BCUT2D eigenvalue weighted by molar-refractivity contribution is 0.0887. The van der Waals surface area contributed by atoms with Crippen molar-refractivity contribution in [3.05, 3.63) is 22.4 Å². The number of amidine groups is 1. The molecule has 104 valence electrons. The maximum absolute atomic E-state index is 12.2. The molecule has 0 aromatic carbocycles. The molecule has 1 aliphatic rings. The highest BCUT2D eigenvalue weighted by atomic mass is 32.1. The molecule has 0 unspecified atom stereocenters. The third kappa shape index (κ3) is 2.87. The second-order valence-electron chi connectivity index (χ2n) is 4.84. The van der Waals surface area contributed by atoms with E-state index in [1.807, 2.05) is 12.4 Å². The number of nitrogens with one attached hydrogen (secondary N) is 1. The summed E-state index contributed by atoms with van der Waals surface area (Å²) in [7, 11) is 2.01. The van der Waals surface area contributed by atoms with Crippen LogP contribution < -0.4 is 11.1 Å². The molecular weight excluding hydrogens is 264 g/mol. The Labute approximate surface area is 115 Å². The van der Waals surface area contributed by atoms with E-state index in [4.69, 9.17) is 10.9 Å². The van der Waals surface area contributed by atoms with Gasteiger partial charge in [-0.15, -0.1) is 0 Å². The Morgan fingerprint density at radius 2 is 2.26 bits per heavy atom. The van der Waals surface area contributed by atoms with E-state index in [1.54, 1.807) is 11.4 Å². The van der Waals surface area contributed by atoms with Crippen molar-refractivity contribution in [2.24, 2.45) is 10.9 Å². The van der Waals surface area contributed by atoms with Crippen molar-refractivity contribution >= 4 is 23.1 Å². The smallest absolute Gasteiger partial charge is 0.252 e. The number of piperidine rings is 1. The molecule has 0 spiro atoms. The van der Waals surface area contributed by atoms with Gasteiger partial charge in [-0.05, 0) is 31.3 Å². The topological polar surface area (TPSA) is 91.0 Å². The van der Waals surface area contributed by atoms with Crippen LogP contribution in [-0.4, -0.2) is 47.5 Å². The second-order valence-corrected chi connectivity index (χ2v) is 5.62. The van der Waals surface area contributed by atoms with Crippen LogP contribution in [0.2, 0.25) is 0 Å². The summed E-state index contributed by atoms with van der Waals surface area (Å²) in [4.78, 5) is 14.3. The minimum Gasteiger partial charge on any atom is -0.409 e. The van der Waals surface area contributed by atoms with Crippen LogP contribution in [0.25, 0.3) is 0 Å². The molecular formula is C12H18N4O2S. The average molecular weight is 282 g/mol. The number of thiophene rings is 1. The van der Waals surface area contributed by atoms with E-state index in [9.17, 15) is 4.79 Å². The van der Waals surface area contributed by atoms with Gasteiger partial charge in [0.05, 0.1) is 5.56 Å². The molecule has 1 fully saturated rings. The molecule has 6 nitrogen and oxygen atoms in total. The lowest BCUT2D eigenvalue weighted by Gasteiger charge is -2.40. The van der Waals surface area contributed by atoms with Gasteiger partial charge in [-0.25, -0.2) is 0 Å². The number of carbonyl (C=O) groups excluding carboxylic acids is 1. The zero-order chi connectivity index (χ0) is 13.9. The van der Waals surface area contributed by atoms with Gasteiger partial charge in [0.25, 0.3) is 5.91 Å². The highest BCUT2D eigenvalue weighted by molar-refractivity contribution is 7.08. The first-order valence-electron chi connectivity index (χ1n) is 6.09. The molecule has 1 saturated heterocycles. The van der Waals surface area contributed by atoms with Gasteiger partial charge in [-0.2, -0.15) is 11.3 Å². The summed E-state index contributed by atoms with van der Waals surface area (Å²) in [6, 6.07) is 1.76. The standard InChI is InChI=1S/C12H18N4O2S/c1-16-5-3-12(4-6-16,11(13)15-18)14-10(17)9-2-7-19-8-9/h2,7-8,18H,3-6H2,1H3,(H2,13,15)(H,14,17). The van der Waals surface area contributed by atoms with Crippen LogP contribution in [0.15, 0.2) is 22.0 Å². The fourth-order valence-electron chi connectivity index (χ4n) is 2.22. The van der Waals surface area contributed by atoms with Crippen molar-refractivity contribution in [3.63, 3.8) is 0 Å². The second kappa shape index (κ2) is 5.58. The predicted molar refractivity (Wildman–Crippen MR) is 74.7 cm³/mol. The summed E-state index contributed by atoms with van der Waals surface area (Å²) >= 11 is 1.46. The minimum atomic E-state index is -0.750. The number of oxime groups is 1. The molecule has 2 heterocycles. The van der Waals surface area contributed by atoms with E-state index in [0.29, 0.717) is 18.4 Å². The Bertz CT molecular complexity index is 464. The van der Waals surface area contributed by atoms with Crippen LogP contribution in [-0.2, 0) is 0 Å². The van der Waals surface area contributed by atoms with Crippen molar-refractivity contribution in [3.8, 4) is 0 Å². The van der Waals surface area contributed by atoms with Gasteiger partial charge in [0.1, 0.15) is 5.54 Å². The number of amides is 1. The Kier molecular flexibility index (Phi) is 4.06. The van der Waals surface area contributed by atoms with E-state index < -0.39 is 5.54 Å². The van der Waals surface area contributed by atoms with Crippen molar-refractivity contribution in [2.75, 3.05) is 20.1 Å². The first-order valence-corrected chi connectivity index (χ1v) is 7.03. The Morgan fingerprint density at radius 3 is 2.79 bits per heavy atom. The van der Waals surface area contributed by atoms with Gasteiger partial charge in [0, 0.05) is 18.5 Å². The molecule has 4 N–H and O–H groups in total. The van der Waals surface area contributed by atoms with Gasteiger partial charge in [0.15, 0.2) is 5.84 Å². The van der Waals surface area contributed by atoms with Crippen LogP contribution in [0.1, 0.15) is 23.2 Å². The summed E-state index contributed by atoms with van der Waals surface area (Å²) in [5.74, 6) is -0.110. The van der Waals surface area contributed by atoms with Crippen LogP contribution in [0.3, 0.4) is 0 Å². The highest BCUT2D eigenvalue weighted by Crippen LogP contribution is 2.23.